The first-order valence-corrected chi connectivity index (χ1v) is 7.67. The molecule has 0 unspecified atom stereocenters. The standard InChI is InChI=1S/C16H21ClN2O3/c1-16(2,3)22-15(21)19-10-8-18(9-11-19)13-6-4-12(5-7-13)14(17)20/h4-7H,8-11H2,1-3H3. The van der Waals surface area contributed by atoms with Crippen molar-refractivity contribution in [2.24, 2.45) is 0 Å². The minimum atomic E-state index is -0.474. The van der Waals surface area contributed by atoms with Crippen LogP contribution in [0, 0.1) is 0 Å². The Morgan fingerprint density at radius 2 is 1.59 bits per heavy atom. The molecule has 0 saturated carbocycles. The normalized spacial score (nSPS) is 15.6. The van der Waals surface area contributed by atoms with E-state index in [-0.39, 0.29) is 6.09 Å². The van der Waals surface area contributed by atoms with Crippen molar-refractivity contribution in [1.29, 1.82) is 0 Å². The van der Waals surface area contributed by atoms with Gasteiger partial charge >= 0.3 is 6.09 Å². The number of carbonyl (C=O) groups excluding carboxylic acids is 2. The van der Waals surface area contributed by atoms with Gasteiger partial charge in [0.2, 0.25) is 0 Å². The molecule has 0 aliphatic carbocycles. The maximum absolute atomic E-state index is 12.0. The van der Waals surface area contributed by atoms with Crippen LogP contribution in [0.4, 0.5) is 10.5 Å². The highest BCUT2D eigenvalue weighted by molar-refractivity contribution is 6.67. The topological polar surface area (TPSA) is 49.9 Å². The van der Waals surface area contributed by atoms with E-state index in [2.05, 4.69) is 4.90 Å². The first kappa shape index (κ1) is 16.6. The lowest BCUT2D eigenvalue weighted by Crippen LogP contribution is -2.50. The number of piperazine rings is 1. The highest BCUT2D eigenvalue weighted by Crippen LogP contribution is 2.19. The average molecular weight is 325 g/mol. The van der Waals surface area contributed by atoms with Crippen LogP contribution in [-0.2, 0) is 4.74 Å². The van der Waals surface area contributed by atoms with Crippen LogP contribution in [0.15, 0.2) is 24.3 Å². The van der Waals surface area contributed by atoms with Gasteiger partial charge in [0.15, 0.2) is 0 Å². The summed E-state index contributed by atoms with van der Waals surface area (Å²) in [5.41, 5.74) is 1.03. The third kappa shape index (κ3) is 4.37. The molecule has 2 rings (SSSR count). The van der Waals surface area contributed by atoms with Gasteiger partial charge in [-0.3, -0.25) is 4.79 Å². The Kier molecular flexibility index (Phi) is 4.96. The highest BCUT2D eigenvalue weighted by atomic mass is 35.5. The summed E-state index contributed by atoms with van der Waals surface area (Å²) in [5.74, 6) is 0. The highest BCUT2D eigenvalue weighted by Gasteiger charge is 2.25. The van der Waals surface area contributed by atoms with Gasteiger partial charge < -0.3 is 14.5 Å². The molecule has 0 bridgehead atoms. The molecule has 0 N–H and O–H groups in total. The first-order valence-electron chi connectivity index (χ1n) is 7.29. The van der Waals surface area contributed by atoms with E-state index < -0.39 is 10.8 Å². The molecule has 0 aromatic heterocycles. The number of carbonyl (C=O) groups is 2. The van der Waals surface area contributed by atoms with Crippen LogP contribution >= 0.6 is 11.6 Å². The Morgan fingerprint density at radius 3 is 2.05 bits per heavy atom. The summed E-state index contributed by atoms with van der Waals surface area (Å²) in [6.07, 6.45) is -0.268. The van der Waals surface area contributed by atoms with Crippen LogP contribution in [0.5, 0.6) is 0 Å². The lowest BCUT2D eigenvalue weighted by atomic mass is 10.2. The number of nitrogens with zero attached hydrogens (tertiary/aromatic N) is 2. The van der Waals surface area contributed by atoms with Crippen molar-refractivity contribution in [3.05, 3.63) is 29.8 Å². The van der Waals surface area contributed by atoms with E-state index >= 15 is 0 Å². The summed E-state index contributed by atoms with van der Waals surface area (Å²) in [7, 11) is 0. The molecule has 1 aliphatic rings. The lowest BCUT2D eigenvalue weighted by Gasteiger charge is -2.36. The number of amides is 1. The van der Waals surface area contributed by atoms with Gasteiger partial charge in [-0.25, -0.2) is 4.79 Å². The van der Waals surface area contributed by atoms with Crippen LogP contribution in [0.25, 0.3) is 0 Å². The van der Waals surface area contributed by atoms with Crippen molar-refractivity contribution in [2.45, 2.75) is 26.4 Å². The number of rotatable bonds is 2. The van der Waals surface area contributed by atoms with Gasteiger partial charge in [-0.1, -0.05) is 0 Å². The molecule has 1 aromatic carbocycles. The molecular weight excluding hydrogens is 304 g/mol. The second kappa shape index (κ2) is 6.57. The zero-order chi connectivity index (χ0) is 16.3. The van der Waals surface area contributed by atoms with Gasteiger partial charge in [0.25, 0.3) is 5.24 Å². The van der Waals surface area contributed by atoms with E-state index in [9.17, 15) is 9.59 Å². The molecule has 5 nitrogen and oxygen atoms in total. The Morgan fingerprint density at radius 1 is 1.05 bits per heavy atom. The molecule has 120 valence electrons. The van der Waals surface area contributed by atoms with Gasteiger partial charge in [0.1, 0.15) is 5.60 Å². The van der Waals surface area contributed by atoms with Crippen molar-refractivity contribution in [2.75, 3.05) is 31.1 Å². The first-order chi connectivity index (χ1) is 10.3. The van der Waals surface area contributed by atoms with Crippen molar-refractivity contribution in [3.8, 4) is 0 Å². The van der Waals surface area contributed by atoms with Crippen molar-refractivity contribution < 1.29 is 14.3 Å². The predicted molar refractivity (Wildman–Crippen MR) is 86.6 cm³/mol. The lowest BCUT2D eigenvalue weighted by molar-refractivity contribution is 0.0240. The number of hydrogen-bond donors (Lipinski definition) is 0. The maximum atomic E-state index is 12.0. The second-order valence-electron chi connectivity index (χ2n) is 6.28. The fraction of sp³-hybridized carbons (Fsp3) is 0.500. The van der Waals surface area contributed by atoms with Crippen LogP contribution in [-0.4, -0.2) is 48.0 Å². The molecule has 1 aromatic rings. The molecule has 0 atom stereocenters. The third-order valence-corrected chi connectivity index (χ3v) is 3.61. The summed E-state index contributed by atoms with van der Waals surface area (Å²) in [6.45, 7) is 8.28. The number of benzene rings is 1. The van der Waals surface area contributed by atoms with Gasteiger partial charge in [-0.05, 0) is 56.6 Å². The minimum absolute atomic E-state index is 0.268. The molecule has 22 heavy (non-hydrogen) atoms. The maximum Gasteiger partial charge on any atom is 0.410 e. The van der Waals surface area contributed by atoms with E-state index in [1.807, 2.05) is 32.9 Å². The molecule has 0 radical (unpaired) electrons. The second-order valence-corrected chi connectivity index (χ2v) is 6.62. The summed E-state index contributed by atoms with van der Waals surface area (Å²) >= 11 is 5.44. The fourth-order valence-corrected chi connectivity index (χ4v) is 2.40. The molecule has 1 saturated heterocycles. The largest absolute Gasteiger partial charge is 0.444 e. The zero-order valence-corrected chi connectivity index (χ0v) is 13.9. The Hall–Kier alpha value is -1.75. The zero-order valence-electron chi connectivity index (χ0n) is 13.1. The quantitative estimate of drug-likeness (QED) is 0.784. The predicted octanol–water partition coefficient (Wildman–Crippen LogP) is 3.12. The molecule has 6 heteroatoms. The Bertz CT molecular complexity index is 544. The van der Waals surface area contributed by atoms with E-state index in [1.54, 1.807) is 17.0 Å². The fourth-order valence-electron chi connectivity index (χ4n) is 2.28. The third-order valence-electron chi connectivity index (χ3n) is 3.39. The van der Waals surface area contributed by atoms with E-state index in [0.717, 1.165) is 18.8 Å². The van der Waals surface area contributed by atoms with Crippen LogP contribution < -0.4 is 4.90 Å². The van der Waals surface area contributed by atoms with Crippen molar-refractivity contribution >= 4 is 28.6 Å². The SMILES string of the molecule is CC(C)(C)OC(=O)N1CCN(c2ccc(C(=O)Cl)cc2)CC1. The summed E-state index contributed by atoms with van der Waals surface area (Å²) in [5, 5.41) is -0.457. The molecule has 1 aliphatic heterocycles. The molecular formula is C16H21ClN2O3. The minimum Gasteiger partial charge on any atom is -0.444 e. The van der Waals surface area contributed by atoms with Crippen LogP contribution in [0.2, 0.25) is 0 Å². The number of ether oxygens (including phenoxy) is 1. The van der Waals surface area contributed by atoms with Crippen LogP contribution in [0.1, 0.15) is 31.1 Å². The van der Waals surface area contributed by atoms with Gasteiger partial charge in [0, 0.05) is 37.4 Å². The summed E-state index contributed by atoms with van der Waals surface area (Å²) in [6, 6.07) is 7.17. The van der Waals surface area contributed by atoms with E-state index in [1.165, 1.54) is 0 Å². The van der Waals surface area contributed by atoms with E-state index in [0.29, 0.717) is 18.7 Å². The van der Waals surface area contributed by atoms with Crippen molar-refractivity contribution in [1.82, 2.24) is 4.90 Å². The Labute approximate surface area is 135 Å². The van der Waals surface area contributed by atoms with Gasteiger partial charge in [-0.2, -0.15) is 0 Å². The van der Waals surface area contributed by atoms with Gasteiger partial charge in [-0.15, -0.1) is 0 Å². The molecule has 1 amide bonds. The molecule has 1 fully saturated rings. The van der Waals surface area contributed by atoms with Crippen LogP contribution in [0.3, 0.4) is 0 Å². The molecule has 0 spiro atoms. The number of hydrogen-bond acceptors (Lipinski definition) is 4. The average Bonchev–Trinajstić information content (AvgIpc) is 2.46. The summed E-state index contributed by atoms with van der Waals surface area (Å²) < 4.78 is 5.38. The summed E-state index contributed by atoms with van der Waals surface area (Å²) in [4.78, 5) is 27.0. The number of anilines is 1. The smallest absolute Gasteiger partial charge is 0.410 e. The monoisotopic (exact) mass is 324 g/mol. The van der Waals surface area contributed by atoms with Gasteiger partial charge in [0.05, 0.1) is 0 Å². The number of halogens is 1. The van der Waals surface area contributed by atoms with Crippen molar-refractivity contribution in [3.63, 3.8) is 0 Å². The Balaban J connectivity index is 1.91. The molecule has 1 heterocycles. The van der Waals surface area contributed by atoms with E-state index in [4.69, 9.17) is 16.3 Å².